The highest BCUT2D eigenvalue weighted by molar-refractivity contribution is 7.18. The van der Waals surface area contributed by atoms with Gasteiger partial charge in [0.1, 0.15) is 24.3 Å². The fourth-order valence-corrected chi connectivity index (χ4v) is 7.05. The van der Waals surface area contributed by atoms with E-state index in [9.17, 15) is 41.9 Å². The van der Waals surface area contributed by atoms with Gasteiger partial charge in [-0.15, -0.1) is 11.3 Å². The lowest BCUT2D eigenvalue weighted by Gasteiger charge is -2.38. The molecular weight excluding hydrogens is 681 g/mol. The zero-order chi connectivity index (χ0) is 34.5. The smallest absolute Gasteiger partial charge is 0.416 e. The minimum atomic E-state index is -4.89. The van der Waals surface area contributed by atoms with Gasteiger partial charge in [-0.05, 0) is 49.2 Å². The topological polar surface area (TPSA) is 121 Å². The first-order valence-corrected chi connectivity index (χ1v) is 15.6. The zero-order valence-corrected chi connectivity index (χ0v) is 26.4. The average molecular weight is 704 g/mol. The molecule has 9 nitrogen and oxygen atoms in total. The number of rotatable bonds is 9. The summed E-state index contributed by atoms with van der Waals surface area (Å²) in [5, 5.41) is 21.1. The molecule has 248 valence electrons. The monoisotopic (exact) mass is 703 g/mol. The number of carboxylic acid groups (broad SMARTS) is 1. The minimum absolute atomic E-state index is 0.0457. The highest BCUT2D eigenvalue weighted by Gasteiger charge is 2.44. The average Bonchev–Trinajstić information content (AvgIpc) is 3.45. The van der Waals surface area contributed by atoms with Gasteiger partial charge in [-0.1, -0.05) is 11.6 Å². The molecule has 0 aliphatic carbocycles. The number of hydrogen-bond acceptors (Lipinski definition) is 8. The van der Waals surface area contributed by atoms with Crippen molar-refractivity contribution in [2.45, 2.75) is 32.0 Å². The van der Waals surface area contributed by atoms with E-state index in [0.717, 1.165) is 6.07 Å². The standard InChI is InChI=1S/C32H23ClF5N5O4S/c1-16-41-24-11-23(32(36,37)38)18(5-7-42-14-31(34,35)15-42)21(12-39)26(24)29(44)43(16)8-9-47-25-3-2-17(33)10-20(25)19-4-6-40-27-22(30(45)46)13-48-28(19)27/h2-4,6,10-11,13H,5,7-9,14-15H2,1H3,(H,45,46). The molecular formula is C32H23ClF5N5O4S. The van der Waals surface area contributed by atoms with Crippen LogP contribution < -0.4 is 10.3 Å². The Kier molecular flexibility index (Phi) is 8.61. The van der Waals surface area contributed by atoms with Gasteiger partial charge in [-0.2, -0.15) is 18.4 Å². The second kappa shape index (κ2) is 12.4. The molecule has 0 atom stereocenters. The molecule has 4 heterocycles. The number of aryl methyl sites for hydroxylation is 1. The first-order valence-electron chi connectivity index (χ1n) is 14.3. The number of benzene rings is 2. The van der Waals surface area contributed by atoms with Gasteiger partial charge in [-0.25, -0.2) is 18.6 Å². The van der Waals surface area contributed by atoms with E-state index < -0.39 is 53.4 Å². The first kappa shape index (κ1) is 33.3. The van der Waals surface area contributed by atoms with E-state index in [-0.39, 0.29) is 48.4 Å². The van der Waals surface area contributed by atoms with E-state index in [1.165, 1.54) is 39.3 Å². The number of aromatic nitrogens is 3. The third-order valence-corrected chi connectivity index (χ3v) is 9.28. The summed E-state index contributed by atoms with van der Waals surface area (Å²) in [5.74, 6) is -3.62. The number of nitriles is 1. The number of hydrogen-bond donors (Lipinski definition) is 1. The van der Waals surface area contributed by atoms with Gasteiger partial charge in [-0.3, -0.25) is 19.2 Å². The summed E-state index contributed by atoms with van der Waals surface area (Å²) in [7, 11) is 0. The molecule has 5 aromatic rings. The van der Waals surface area contributed by atoms with Gasteiger partial charge in [0.15, 0.2) is 0 Å². The Hall–Kier alpha value is -4.65. The van der Waals surface area contributed by atoms with Crippen molar-refractivity contribution in [3.8, 4) is 22.9 Å². The molecule has 2 aromatic carbocycles. The number of nitrogens with zero attached hydrogens (tertiary/aromatic N) is 5. The van der Waals surface area contributed by atoms with Crippen molar-refractivity contribution in [2.24, 2.45) is 0 Å². The quantitative estimate of drug-likeness (QED) is 0.167. The summed E-state index contributed by atoms with van der Waals surface area (Å²) in [6, 6.07) is 8.99. The first-order chi connectivity index (χ1) is 22.7. The third-order valence-electron chi connectivity index (χ3n) is 8.04. The fourth-order valence-electron chi connectivity index (χ4n) is 5.85. The Morgan fingerprint density at radius 3 is 2.60 bits per heavy atom. The van der Waals surface area contributed by atoms with Crippen LogP contribution in [-0.2, 0) is 19.1 Å². The lowest BCUT2D eigenvalue weighted by atomic mass is 9.94. The number of pyridine rings is 1. The summed E-state index contributed by atoms with van der Waals surface area (Å²) < 4.78 is 76.9. The predicted molar refractivity (Wildman–Crippen MR) is 168 cm³/mol. The van der Waals surface area contributed by atoms with E-state index in [0.29, 0.717) is 32.1 Å². The van der Waals surface area contributed by atoms with Crippen LogP contribution in [0.4, 0.5) is 22.0 Å². The highest BCUT2D eigenvalue weighted by atomic mass is 35.5. The number of alkyl halides is 5. The van der Waals surface area contributed by atoms with Crippen LogP contribution in [0.1, 0.15) is 32.9 Å². The third kappa shape index (κ3) is 6.18. The van der Waals surface area contributed by atoms with Gasteiger partial charge < -0.3 is 9.84 Å². The fraction of sp³-hybridized carbons (Fsp3) is 0.281. The summed E-state index contributed by atoms with van der Waals surface area (Å²) in [6.45, 7) is -0.133. The maximum absolute atomic E-state index is 14.1. The molecule has 0 bridgehead atoms. The summed E-state index contributed by atoms with van der Waals surface area (Å²) in [4.78, 5) is 35.2. The Labute approximate surface area is 277 Å². The van der Waals surface area contributed by atoms with Crippen molar-refractivity contribution in [3.05, 3.63) is 85.4 Å². The minimum Gasteiger partial charge on any atom is -0.491 e. The van der Waals surface area contributed by atoms with Crippen LogP contribution in [0.25, 0.3) is 32.2 Å². The maximum Gasteiger partial charge on any atom is 0.416 e. The van der Waals surface area contributed by atoms with E-state index in [1.807, 2.05) is 0 Å². The molecule has 1 aliphatic rings. The van der Waals surface area contributed by atoms with Gasteiger partial charge in [0.25, 0.3) is 11.5 Å². The Balaban J connectivity index is 1.33. The summed E-state index contributed by atoms with van der Waals surface area (Å²) >= 11 is 7.49. The lowest BCUT2D eigenvalue weighted by Crippen LogP contribution is -2.56. The molecule has 0 unspecified atom stereocenters. The van der Waals surface area contributed by atoms with Crippen molar-refractivity contribution in [2.75, 3.05) is 26.2 Å². The van der Waals surface area contributed by atoms with Crippen molar-refractivity contribution in [1.82, 2.24) is 19.4 Å². The number of aromatic carboxylic acids is 1. The van der Waals surface area contributed by atoms with Crippen molar-refractivity contribution >= 4 is 50.0 Å². The largest absolute Gasteiger partial charge is 0.491 e. The molecule has 16 heteroatoms. The molecule has 0 saturated carbocycles. The van der Waals surface area contributed by atoms with E-state index in [4.69, 9.17) is 16.3 Å². The summed E-state index contributed by atoms with van der Waals surface area (Å²) in [6.07, 6.45) is -3.80. The van der Waals surface area contributed by atoms with E-state index in [1.54, 1.807) is 30.3 Å². The molecule has 3 aromatic heterocycles. The number of halogens is 6. The second-order valence-corrected chi connectivity index (χ2v) is 12.5. The van der Waals surface area contributed by atoms with Gasteiger partial charge in [0, 0.05) is 34.3 Å². The second-order valence-electron chi connectivity index (χ2n) is 11.2. The number of ether oxygens (including phenoxy) is 1. The Morgan fingerprint density at radius 1 is 1.19 bits per heavy atom. The van der Waals surface area contributed by atoms with Gasteiger partial charge in [0.2, 0.25) is 0 Å². The van der Waals surface area contributed by atoms with Crippen LogP contribution in [0, 0.1) is 18.3 Å². The predicted octanol–water partition coefficient (Wildman–Crippen LogP) is 6.80. The van der Waals surface area contributed by atoms with Crippen LogP contribution in [0.3, 0.4) is 0 Å². The SMILES string of the molecule is Cc1nc2cc(C(F)(F)F)c(CCN3CC(F)(F)C3)c(C#N)c2c(=O)n1CCOc1ccc(Cl)cc1-c1ccnc2c(C(=O)O)csc12. The molecule has 48 heavy (non-hydrogen) atoms. The van der Waals surface area contributed by atoms with Crippen LogP contribution in [0.5, 0.6) is 5.75 Å². The zero-order valence-electron chi connectivity index (χ0n) is 24.9. The van der Waals surface area contributed by atoms with E-state index in [2.05, 4.69) is 9.97 Å². The van der Waals surface area contributed by atoms with Crippen LogP contribution >= 0.6 is 22.9 Å². The molecule has 1 N–H and O–H groups in total. The number of fused-ring (bicyclic) bond motifs is 2. The number of carbonyl (C=O) groups is 1. The number of likely N-dealkylation sites (tertiary alicyclic amines) is 1. The Bertz CT molecular complexity index is 2200. The van der Waals surface area contributed by atoms with Gasteiger partial charge in [0.05, 0.1) is 57.4 Å². The van der Waals surface area contributed by atoms with Crippen molar-refractivity contribution in [3.63, 3.8) is 0 Å². The van der Waals surface area contributed by atoms with Crippen LogP contribution in [0.2, 0.25) is 5.02 Å². The number of carboxylic acids is 1. The van der Waals surface area contributed by atoms with E-state index >= 15 is 0 Å². The molecule has 0 amide bonds. The molecule has 1 aliphatic heterocycles. The molecule has 6 rings (SSSR count). The molecule has 1 fully saturated rings. The lowest BCUT2D eigenvalue weighted by molar-refractivity contribution is -0.139. The Morgan fingerprint density at radius 2 is 1.94 bits per heavy atom. The van der Waals surface area contributed by atoms with Gasteiger partial charge >= 0.3 is 12.1 Å². The summed E-state index contributed by atoms with van der Waals surface area (Å²) in [5.41, 5.74) is -1.67. The molecule has 0 spiro atoms. The number of thiophene rings is 1. The highest BCUT2D eigenvalue weighted by Crippen LogP contribution is 2.40. The van der Waals surface area contributed by atoms with Crippen LogP contribution in [-0.4, -0.2) is 62.7 Å². The van der Waals surface area contributed by atoms with Crippen molar-refractivity contribution < 1.29 is 36.6 Å². The normalized spacial score (nSPS) is 14.6. The maximum atomic E-state index is 14.1. The molecule has 0 radical (unpaired) electrons. The molecule has 1 saturated heterocycles. The van der Waals surface area contributed by atoms with Crippen LogP contribution in [0.15, 0.2) is 46.7 Å². The van der Waals surface area contributed by atoms with Crippen molar-refractivity contribution in [1.29, 1.82) is 5.26 Å².